The summed E-state index contributed by atoms with van der Waals surface area (Å²) < 4.78 is 4.83. The third-order valence-electron chi connectivity index (χ3n) is 2.18. The van der Waals surface area contributed by atoms with E-state index >= 15 is 0 Å². The van der Waals surface area contributed by atoms with Gasteiger partial charge in [0.05, 0.1) is 6.10 Å². The van der Waals surface area contributed by atoms with Crippen LogP contribution in [-0.2, 0) is 9.53 Å². The van der Waals surface area contributed by atoms with Crippen molar-refractivity contribution in [3.8, 4) is 0 Å². The summed E-state index contributed by atoms with van der Waals surface area (Å²) >= 11 is 0. The Morgan fingerprint density at radius 3 is 2.67 bits per heavy atom. The van der Waals surface area contributed by atoms with Gasteiger partial charge in [-0.15, -0.1) is 0 Å². The summed E-state index contributed by atoms with van der Waals surface area (Å²) in [5, 5.41) is 11.7. The molecule has 2 N–H and O–H groups in total. The van der Waals surface area contributed by atoms with E-state index in [1.807, 2.05) is 0 Å². The maximum atomic E-state index is 11.2. The summed E-state index contributed by atoms with van der Waals surface area (Å²) in [4.78, 5) is 11.2. The summed E-state index contributed by atoms with van der Waals surface area (Å²) in [5.41, 5.74) is 0. The average molecular weight is 173 g/mol. The van der Waals surface area contributed by atoms with E-state index in [9.17, 15) is 4.79 Å². The van der Waals surface area contributed by atoms with Crippen LogP contribution in [0.4, 0.5) is 0 Å². The van der Waals surface area contributed by atoms with E-state index in [0.717, 1.165) is 0 Å². The van der Waals surface area contributed by atoms with E-state index in [1.165, 1.54) is 7.11 Å². The van der Waals surface area contributed by atoms with E-state index in [2.05, 4.69) is 5.32 Å². The Balaban J connectivity index is 2.18. The lowest BCUT2D eigenvalue weighted by Crippen LogP contribution is -2.49. The first-order chi connectivity index (χ1) is 5.63. The Labute approximate surface area is 71.9 Å². The van der Waals surface area contributed by atoms with E-state index < -0.39 is 6.10 Å². The van der Waals surface area contributed by atoms with Crippen LogP contribution in [0.2, 0.25) is 0 Å². The lowest BCUT2D eigenvalue weighted by atomic mass is 9.89. The second-order valence-electron chi connectivity index (χ2n) is 3.21. The van der Waals surface area contributed by atoms with E-state index in [4.69, 9.17) is 9.84 Å². The van der Waals surface area contributed by atoms with Gasteiger partial charge in [0.2, 0.25) is 5.91 Å². The van der Waals surface area contributed by atoms with Crippen LogP contribution in [0.3, 0.4) is 0 Å². The number of amides is 1. The highest BCUT2D eigenvalue weighted by molar-refractivity contribution is 5.80. The normalized spacial score (nSPS) is 30.6. The molecule has 4 nitrogen and oxygen atoms in total. The molecule has 1 amide bonds. The summed E-state index contributed by atoms with van der Waals surface area (Å²) in [6.07, 6.45) is 0.709. The van der Waals surface area contributed by atoms with Crippen molar-refractivity contribution in [1.29, 1.82) is 0 Å². The highest BCUT2D eigenvalue weighted by atomic mass is 16.5. The molecule has 12 heavy (non-hydrogen) atoms. The van der Waals surface area contributed by atoms with Crippen molar-refractivity contribution >= 4 is 5.91 Å². The third kappa shape index (κ3) is 2.19. The number of ether oxygens (including phenoxy) is 1. The van der Waals surface area contributed by atoms with Crippen LogP contribution in [-0.4, -0.2) is 36.4 Å². The van der Waals surface area contributed by atoms with Gasteiger partial charge in [0, 0.05) is 13.2 Å². The van der Waals surface area contributed by atoms with Gasteiger partial charge in [0.25, 0.3) is 0 Å². The average Bonchev–Trinajstić information content (AvgIpc) is 2.00. The minimum atomic E-state index is -0.400. The molecule has 4 heteroatoms. The second kappa shape index (κ2) is 3.87. The zero-order valence-electron chi connectivity index (χ0n) is 7.41. The summed E-state index contributed by atoms with van der Waals surface area (Å²) in [5.74, 6) is -0.102. The quantitative estimate of drug-likeness (QED) is 0.614. The number of carbonyl (C=O) groups excluding carboxylic acids is 1. The molecule has 0 saturated heterocycles. The van der Waals surface area contributed by atoms with Crippen LogP contribution in [0.1, 0.15) is 19.8 Å². The number of rotatable bonds is 3. The third-order valence-corrected chi connectivity index (χ3v) is 2.18. The number of nitrogens with one attached hydrogen (secondary N) is 1. The van der Waals surface area contributed by atoms with Gasteiger partial charge in [0.15, 0.2) is 0 Å². The highest BCUT2D eigenvalue weighted by Crippen LogP contribution is 2.19. The molecule has 0 aliphatic heterocycles. The summed E-state index contributed by atoms with van der Waals surface area (Å²) in [6, 6.07) is 0.144. The molecule has 1 aliphatic rings. The van der Waals surface area contributed by atoms with Crippen LogP contribution >= 0.6 is 0 Å². The van der Waals surface area contributed by atoms with Crippen molar-refractivity contribution < 1.29 is 14.6 Å². The summed E-state index contributed by atoms with van der Waals surface area (Å²) in [6.45, 7) is 1.70. The first kappa shape index (κ1) is 9.48. The van der Waals surface area contributed by atoms with Gasteiger partial charge < -0.3 is 15.2 Å². The van der Waals surface area contributed by atoms with Crippen LogP contribution in [0.15, 0.2) is 0 Å². The molecule has 1 unspecified atom stereocenters. The topological polar surface area (TPSA) is 58.6 Å². The second-order valence-corrected chi connectivity index (χ2v) is 3.21. The van der Waals surface area contributed by atoms with Crippen LogP contribution in [0, 0.1) is 0 Å². The van der Waals surface area contributed by atoms with Crippen molar-refractivity contribution in [2.75, 3.05) is 7.11 Å². The molecule has 0 aromatic carbocycles. The Bertz CT molecular complexity index is 166. The van der Waals surface area contributed by atoms with Gasteiger partial charge in [-0.2, -0.15) is 0 Å². The molecule has 0 aromatic rings. The van der Waals surface area contributed by atoms with Gasteiger partial charge in [-0.3, -0.25) is 4.79 Å². The molecular weight excluding hydrogens is 158 g/mol. The standard InChI is InChI=1S/C8H15NO3/c1-5(12-2)8(11)9-6-3-7(10)4-6/h5-7,10H,3-4H2,1-2H3,(H,9,11). The largest absolute Gasteiger partial charge is 0.393 e. The fourth-order valence-corrected chi connectivity index (χ4v) is 1.13. The van der Waals surface area contributed by atoms with Gasteiger partial charge in [0.1, 0.15) is 6.10 Å². The van der Waals surface area contributed by atoms with E-state index in [-0.39, 0.29) is 18.1 Å². The predicted molar refractivity (Wildman–Crippen MR) is 43.6 cm³/mol. The molecule has 1 atom stereocenters. The van der Waals surface area contributed by atoms with E-state index in [1.54, 1.807) is 6.92 Å². The van der Waals surface area contributed by atoms with Crippen molar-refractivity contribution in [3.63, 3.8) is 0 Å². The number of hydrogen-bond acceptors (Lipinski definition) is 3. The smallest absolute Gasteiger partial charge is 0.249 e. The molecule has 0 bridgehead atoms. The monoisotopic (exact) mass is 173 g/mol. The molecule has 1 saturated carbocycles. The number of carbonyl (C=O) groups is 1. The molecular formula is C8H15NO3. The first-order valence-corrected chi connectivity index (χ1v) is 4.14. The fraction of sp³-hybridized carbons (Fsp3) is 0.875. The number of methoxy groups -OCH3 is 1. The van der Waals surface area contributed by atoms with Crippen molar-refractivity contribution in [1.82, 2.24) is 5.32 Å². The minimum absolute atomic E-state index is 0.102. The maximum absolute atomic E-state index is 11.2. The zero-order chi connectivity index (χ0) is 9.14. The number of aliphatic hydroxyl groups is 1. The molecule has 1 rings (SSSR count). The van der Waals surface area contributed by atoms with Crippen molar-refractivity contribution in [2.24, 2.45) is 0 Å². The highest BCUT2D eigenvalue weighted by Gasteiger charge is 2.29. The lowest BCUT2D eigenvalue weighted by Gasteiger charge is -2.32. The van der Waals surface area contributed by atoms with Gasteiger partial charge in [-0.25, -0.2) is 0 Å². The van der Waals surface area contributed by atoms with Crippen molar-refractivity contribution in [2.45, 2.75) is 38.0 Å². The molecule has 0 spiro atoms. The molecule has 0 radical (unpaired) electrons. The number of aliphatic hydroxyl groups excluding tert-OH is 1. The van der Waals surface area contributed by atoms with Crippen LogP contribution in [0.5, 0.6) is 0 Å². The Kier molecular flexibility index (Phi) is 3.05. The molecule has 70 valence electrons. The molecule has 0 aromatic heterocycles. The Morgan fingerprint density at radius 2 is 2.25 bits per heavy atom. The van der Waals surface area contributed by atoms with Gasteiger partial charge in [-0.1, -0.05) is 0 Å². The fourth-order valence-electron chi connectivity index (χ4n) is 1.13. The number of hydrogen-bond donors (Lipinski definition) is 2. The van der Waals surface area contributed by atoms with Crippen LogP contribution in [0.25, 0.3) is 0 Å². The molecule has 1 aliphatic carbocycles. The summed E-state index contributed by atoms with van der Waals surface area (Å²) in [7, 11) is 1.50. The Hall–Kier alpha value is -0.610. The lowest BCUT2D eigenvalue weighted by molar-refractivity contribution is -0.132. The first-order valence-electron chi connectivity index (χ1n) is 4.14. The van der Waals surface area contributed by atoms with E-state index in [0.29, 0.717) is 12.8 Å². The SMILES string of the molecule is COC(C)C(=O)NC1CC(O)C1. The van der Waals surface area contributed by atoms with Gasteiger partial charge >= 0.3 is 0 Å². The van der Waals surface area contributed by atoms with Crippen molar-refractivity contribution in [3.05, 3.63) is 0 Å². The molecule has 0 heterocycles. The maximum Gasteiger partial charge on any atom is 0.249 e. The predicted octanol–water partition coefficient (Wildman–Crippen LogP) is -0.339. The van der Waals surface area contributed by atoms with Gasteiger partial charge in [-0.05, 0) is 19.8 Å². The minimum Gasteiger partial charge on any atom is -0.393 e. The van der Waals surface area contributed by atoms with Crippen LogP contribution < -0.4 is 5.32 Å². The zero-order valence-corrected chi connectivity index (χ0v) is 7.41. The molecule has 1 fully saturated rings. The Morgan fingerprint density at radius 1 is 1.67 bits per heavy atom.